The summed E-state index contributed by atoms with van der Waals surface area (Å²) in [4.78, 5) is 2.23. The molecule has 1 aromatic carbocycles. The molecule has 0 amide bonds. The van der Waals surface area contributed by atoms with Crippen LogP contribution in [0.2, 0.25) is 10.0 Å². The lowest BCUT2D eigenvalue weighted by atomic mass is 10.1. The molecule has 1 aliphatic rings. The number of hydrogen-bond donors (Lipinski definition) is 1. The number of hydrogen-bond acceptors (Lipinski definition) is 2. The highest BCUT2D eigenvalue weighted by Crippen LogP contribution is 2.30. The fourth-order valence-electron chi connectivity index (χ4n) is 1.85. The van der Waals surface area contributed by atoms with Crippen molar-refractivity contribution in [3.05, 3.63) is 39.9 Å². The van der Waals surface area contributed by atoms with E-state index in [1.165, 1.54) is 5.57 Å². The molecule has 2 nitrogen and oxygen atoms in total. The van der Waals surface area contributed by atoms with Crippen LogP contribution in [0.1, 0.15) is 6.42 Å². The summed E-state index contributed by atoms with van der Waals surface area (Å²) in [6.07, 6.45) is 3.18. The summed E-state index contributed by atoms with van der Waals surface area (Å²) in [6, 6.07) is 5.61. The average Bonchev–Trinajstić information content (AvgIpc) is 2.29. The summed E-state index contributed by atoms with van der Waals surface area (Å²) in [5.41, 5.74) is 7.97. The second-order valence-corrected chi connectivity index (χ2v) is 4.70. The van der Waals surface area contributed by atoms with Crippen LogP contribution in [-0.2, 0) is 0 Å². The predicted octanol–water partition coefficient (Wildman–Crippen LogP) is 3.09. The number of benzene rings is 1. The van der Waals surface area contributed by atoms with Gasteiger partial charge in [-0.05, 0) is 24.6 Å². The maximum atomic E-state index is 6.16. The minimum Gasteiger partial charge on any atom is -0.366 e. The molecule has 0 bridgehead atoms. The molecule has 1 heterocycles. The molecule has 0 saturated heterocycles. The first-order chi connectivity index (χ1) is 7.70. The van der Waals surface area contributed by atoms with Crippen molar-refractivity contribution < 1.29 is 0 Å². The van der Waals surface area contributed by atoms with Gasteiger partial charge >= 0.3 is 0 Å². The molecule has 2 N–H and O–H groups in total. The lowest BCUT2D eigenvalue weighted by molar-refractivity contribution is 0.773. The van der Waals surface area contributed by atoms with Gasteiger partial charge in [0.1, 0.15) is 0 Å². The van der Waals surface area contributed by atoms with Gasteiger partial charge in [-0.2, -0.15) is 0 Å². The van der Waals surface area contributed by atoms with Gasteiger partial charge in [0.05, 0.1) is 10.7 Å². The maximum Gasteiger partial charge on any atom is 0.0654 e. The topological polar surface area (TPSA) is 29.3 Å². The van der Waals surface area contributed by atoms with Crippen LogP contribution in [0.3, 0.4) is 0 Å². The first-order valence-corrected chi connectivity index (χ1v) is 6.04. The van der Waals surface area contributed by atoms with E-state index in [0.29, 0.717) is 16.6 Å². The fraction of sp³-hybridized carbons (Fsp3) is 0.333. The summed E-state index contributed by atoms with van der Waals surface area (Å²) < 4.78 is 0. The van der Waals surface area contributed by atoms with Crippen LogP contribution in [0.5, 0.6) is 0 Å². The van der Waals surface area contributed by atoms with Crippen LogP contribution in [0.4, 0.5) is 5.69 Å². The van der Waals surface area contributed by atoms with Crippen LogP contribution in [0.25, 0.3) is 0 Å². The Morgan fingerprint density at radius 1 is 1.31 bits per heavy atom. The van der Waals surface area contributed by atoms with Gasteiger partial charge in [-0.3, -0.25) is 0 Å². The third-order valence-corrected chi connectivity index (χ3v) is 3.35. The van der Waals surface area contributed by atoms with Crippen LogP contribution in [-0.4, -0.2) is 19.6 Å². The molecular weight excluding hydrogens is 243 g/mol. The van der Waals surface area contributed by atoms with E-state index in [9.17, 15) is 0 Å². The van der Waals surface area contributed by atoms with Gasteiger partial charge in [0.15, 0.2) is 0 Å². The van der Waals surface area contributed by atoms with E-state index in [1.54, 1.807) is 6.07 Å². The number of rotatable bonds is 2. The van der Waals surface area contributed by atoms with E-state index < -0.39 is 0 Å². The Morgan fingerprint density at radius 3 is 2.69 bits per heavy atom. The summed E-state index contributed by atoms with van der Waals surface area (Å²) >= 11 is 12.0. The van der Waals surface area contributed by atoms with E-state index in [4.69, 9.17) is 28.9 Å². The summed E-state index contributed by atoms with van der Waals surface area (Å²) in [5.74, 6) is 0. The van der Waals surface area contributed by atoms with Crippen LogP contribution >= 0.6 is 23.2 Å². The lowest BCUT2D eigenvalue weighted by Gasteiger charge is -2.29. The summed E-state index contributed by atoms with van der Waals surface area (Å²) in [6.45, 7) is 2.49. The highest BCUT2D eigenvalue weighted by molar-refractivity contribution is 6.36. The van der Waals surface area contributed by atoms with Crippen LogP contribution < -0.4 is 10.6 Å². The third-order valence-electron chi connectivity index (χ3n) is 2.82. The van der Waals surface area contributed by atoms with Crippen molar-refractivity contribution in [1.29, 1.82) is 0 Å². The zero-order chi connectivity index (χ0) is 11.5. The Hall–Kier alpha value is -0.700. The van der Waals surface area contributed by atoms with E-state index in [2.05, 4.69) is 11.0 Å². The number of halogens is 2. The maximum absolute atomic E-state index is 6.16. The van der Waals surface area contributed by atoms with Crippen LogP contribution in [0, 0.1) is 0 Å². The Kier molecular flexibility index (Phi) is 3.74. The van der Waals surface area contributed by atoms with E-state index in [1.807, 2.05) is 12.1 Å². The molecule has 0 spiro atoms. The molecule has 0 saturated carbocycles. The molecule has 0 aliphatic carbocycles. The Morgan fingerprint density at radius 2 is 2.12 bits per heavy atom. The summed E-state index contributed by atoms with van der Waals surface area (Å²) in [7, 11) is 0. The van der Waals surface area contributed by atoms with Gasteiger partial charge in [-0.25, -0.2) is 0 Å². The molecule has 16 heavy (non-hydrogen) atoms. The van der Waals surface area contributed by atoms with E-state index >= 15 is 0 Å². The minimum absolute atomic E-state index is 0.655. The quantitative estimate of drug-likeness (QED) is 0.825. The molecule has 0 unspecified atom stereocenters. The number of anilines is 1. The highest BCUT2D eigenvalue weighted by Gasteiger charge is 2.13. The Labute approximate surface area is 106 Å². The average molecular weight is 257 g/mol. The van der Waals surface area contributed by atoms with Gasteiger partial charge in [0.25, 0.3) is 0 Å². The molecule has 1 aromatic rings. The zero-order valence-electron chi connectivity index (χ0n) is 8.92. The molecule has 0 aromatic heterocycles. The monoisotopic (exact) mass is 256 g/mol. The van der Waals surface area contributed by atoms with Gasteiger partial charge < -0.3 is 10.6 Å². The molecule has 0 atom stereocenters. The molecular formula is C12H14Cl2N2. The Balaban J connectivity index is 2.17. The minimum atomic E-state index is 0.655. The van der Waals surface area contributed by atoms with Crippen molar-refractivity contribution in [3.63, 3.8) is 0 Å². The SMILES string of the molecule is NCC1=CCN(c2ccc(Cl)cc2Cl)CC1. The molecule has 4 heteroatoms. The normalized spacial score (nSPS) is 16.2. The highest BCUT2D eigenvalue weighted by atomic mass is 35.5. The van der Waals surface area contributed by atoms with Gasteiger partial charge in [-0.1, -0.05) is 34.9 Å². The standard InChI is InChI=1S/C12H14Cl2N2/c13-10-1-2-12(11(14)7-10)16-5-3-9(8-15)4-6-16/h1-3,7H,4-6,8,15H2. The van der Waals surface area contributed by atoms with Gasteiger partial charge in [0.2, 0.25) is 0 Å². The number of nitrogens with two attached hydrogens (primary N) is 1. The molecule has 1 aliphatic heterocycles. The van der Waals surface area contributed by atoms with Crippen LogP contribution in [0.15, 0.2) is 29.8 Å². The van der Waals surface area contributed by atoms with Crippen molar-refractivity contribution in [1.82, 2.24) is 0 Å². The number of nitrogens with zero attached hydrogens (tertiary/aromatic N) is 1. The molecule has 0 fully saturated rings. The Bertz CT molecular complexity index is 415. The first-order valence-electron chi connectivity index (χ1n) is 5.28. The largest absolute Gasteiger partial charge is 0.366 e. The third kappa shape index (κ3) is 2.51. The van der Waals surface area contributed by atoms with E-state index in [-0.39, 0.29) is 0 Å². The van der Waals surface area contributed by atoms with Crippen molar-refractivity contribution in [2.75, 3.05) is 24.5 Å². The second-order valence-electron chi connectivity index (χ2n) is 3.86. The fourth-order valence-corrected chi connectivity index (χ4v) is 2.38. The van der Waals surface area contributed by atoms with Crippen molar-refractivity contribution >= 4 is 28.9 Å². The van der Waals surface area contributed by atoms with Gasteiger partial charge in [0, 0.05) is 24.7 Å². The molecule has 86 valence electrons. The summed E-state index contributed by atoms with van der Waals surface area (Å²) in [5, 5.41) is 1.38. The van der Waals surface area contributed by atoms with Crippen molar-refractivity contribution in [2.45, 2.75) is 6.42 Å². The smallest absolute Gasteiger partial charge is 0.0654 e. The zero-order valence-corrected chi connectivity index (χ0v) is 10.4. The van der Waals surface area contributed by atoms with Gasteiger partial charge in [-0.15, -0.1) is 0 Å². The second kappa shape index (κ2) is 5.09. The van der Waals surface area contributed by atoms with Crippen molar-refractivity contribution in [3.8, 4) is 0 Å². The van der Waals surface area contributed by atoms with Crippen molar-refractivity contribution in [2.24, 2.45) is 5.73 Å². The van der Waals surface area contributed by atoms with E-state index in [0.717, 1.165) is 25.2 Å². The predicted molar refractivity (Wildman–Crippen MR) is 70.4 cm³/mol. The first kappa shape index (κ1) is 11.8. The lowest BCUT2D eigenvalue weighted by Crippen LogP contribution is -2.30. The molecule has 0 radical (unpaired) electrons. The molecule has 2 rings (SSSR count).